The van der Waals surface area contributed by atoms with Gasteiger partial charge < -0.3 is 4.90 Å². The van der Waals surface area contributed by atoms with E-state index in [1.54, 1.807) is 28.6 Å². The van der Waals surface area contributed by atoms with Crippen LogP contribution in [0.5, 0.6) is 0 Å². The highest BCUT2D eigenvalue weighted by atomic mass is 32.2. The van der Waals surface area contributed by atoms with E-state index in [0.717, 1.165) is 19.6 Å². The maximum Gasteiger partial charge on any atom is 0.243 e. The molecule has 0 aliphatic carbocycles. The quantitative estimate of drug-likeness (QED) is 0.798. The number of likely N-dealkylation sites (N-methyl/N-ethyl adjacent to an activating group) is 1. The first kappa shape index (κ1) is 12.5. The molecule has 0 saturated carbocycles. The Morgan fingerprint density at radius 3 is 2.29 bits per heavy atom. The van der Waals surface area contributed by atoms with Gasteiger partial charge >= 0.3 is 0 Å². The van der Waals surface area contributed by atoms with Crippen LogP contribution in [0.3, 0.4) is 0 Å². The molecule has 94 valence electrons. The highest BCUT2D eigenvalue weighted by molar-refractivity contribution is 7.89. The fourth-order valence-electron chi connectivity index (χ4n) is 2.14. The lowest BCUT2D eigenvalue weighted by Gasteiger charge is -2.30. The van der Waals surface area contributed by atoms with Crippen LogP contribution in [0.1, 0.15) is 6.92 Å². The summed E-state index contributed by atoms with van der Waals surface area (Å²) in [4.78, 5) is 1.88. The van der Waals surface area contributed by atoms with Crippen molar-refractivity contribution in [3.05, 3.63) is 30.3 Å². The summed E-state index contributed by atoms with van der Waals surface area (Å²) in [5.74, 6) is 0. The highest BCUT2D eigenvalue weighted by Crippen LogP contribution is 2.14. The van der Waals surface area contributed by atoms with E-state index in [0.29, 0.717) is 18.0 Å². The summed E-state index contributed by atoms with van der Waals surface area (Å²) < 4.78 is 26.2. The Morgan fingerprint density at radius 2 is 1.76 bits per heavy atom. The molecule has 1 aromatic carbocycles. The maximum atomic E-state index is 12.3. The van der Waals surface area contributed by atoms with Gasteiger partial charge in [0, 0.05) is 0 Å². The number of benzene rings is 1. The smallest absolute Gasteiger partial charge is 0.243 e. The predicted octanol–water partition coefficient (Wildman–Crippen LogP) is -0.404. The van der Waals surface area contributed by atoms with E-state index < -0.39 is 10.0 Å². The highest BCUT2D eigenvalue weighted by Gasteiger charge is 2.29. The van der Waals surface area contributed by atoms with Crippen molar-refractivity contribution in [2.45, 2.75) is 11.8 Å². The molecular formula is C12H19N2O2S+. The lowest BCUT2D eigenvalue weighted by molar-refractivity contribution is -0.901. The second-order valence-electron chi connectivity index (χ2n) is 4.32. The van der Waals surface area contributed by atoms with Crippen LogP contribution < -0.4 is 4.90 Å². The Morgan fingerprint density at radius 1 is 1.18 bits per heavy atom. The molecule has 0 spiro atoms. The number of sulfonamides is 1. The molecule has 1 N–H and O–H groups in total. The molecule has 17 heavy (non-hydrogen) atoms. The predicted molar refractivity (Wildman–Crippen MR) is 66.4 cm³/mol. The van der Waals surface area contributed by atoms with Crippen molar-refractivity contribution >= 4 is 10.0 Å². The van der Waals surface area contributed by atoms with Crippen molar-refractivity contribution in [1.82, 2.24) is 4.31 Å². The maximum absolute atomic E-state index is 12.3. The molecule has 0 bridgehead atoms. The van der Waals surface area contributed by atoms with Gasteiger partial charge in [-0.2, -0.15) is 4.31 Å². The number of hydrogen-bond acceptors (Lipinski definition) is 2. The first-order valence-corrected chi connectivity index (χ1v) is 7.47. The van der Waals surface area contributed by atoms with E-state index in [2.05, 4.69) is 6.92 Å². The van der Waals surface area contributed by atoms with E-state index in [1.807, 2.05) is 6.07 Å². The summed E-state index contributed by atoms with van der Waals surface area (Å²) in [6, 6.07) is 8.68. The molecular weight excluding hydrogens is 236 g/mol. The van der Waals surface area contributed by atoms with Gasteiger partial charge in [0.1, 0.15) is 0 Å². The van der Waals surface area contributed by atoms with Crippen molar-refractivity contribution in [2.24, 2.45) is 0 Å². The molecule has 2 rings (SSSR count). The summed E-state index contributed by atoms with van der Waals surface area (Å²) in [6.07, 6.45) is 0. The van der Waals surface area contributed by atoms with E-state index in [1.165, 1.54) is 4.90 Å². The summed E-state index contributed by atoms with van der Waals surface area (Å²) >= 11 is 0. The molecule has 0 amide bonds. The average molecular weight is 255 g/mol. The third kappa shape index (κ3) is 2.68. The summed E-state index contributed by atoms with van der Waals surface area (Å²) in [7, 11) is -3.27. The number of piperazine rings is 1. The van der Waals surface area contributed by atoms with Crippen LogP contribution in [0, 0.1) is 0 Å². The van der Waals surface area contributed by atoms with Gasteiger partial charge in [0.25, 0.3) is 0 Å². The molecule has 0 radical (unpaired) electrons. The Bertz CT molecular complexity index is 451. The molecule has 1 aliphatic heterocycles. The van der Waals surface area contributed by atoms with Crippen molar-refractivity contribution in [3.8, 4) is 0 Å². The number of nitrogens with zero attached hydrogens (tertiary/aromatic N) is 1. The Kier molecular flexibility index (Phi) is 3.81. The molecule has 1 aliphatic rings. The monoisotopic (exact) mass is 255 g/mol. The minimum Gasteiger partial charge on any atom is -0.333 e. The number of hydrogen-bond donors (Lipinski definition) is 1. The molecule has 1 fully saturated rings. The van der Waals surface area contributed by atoms with Crippen LogP contribution in [0.4, 0.5) is 0 Å². The third-order valence-electron chi connectivity index (χ3n) is 3.31. The van der Waals surface area contributed by atoms with Gasteiger partial charge in [-0.25, -0.2) is 8.42 Å². The first-order chi connectivity index (χ1) is 8.14. The average Bonchev–Trinajstić information content (AvgIpc) is 2.40. The number of quaternary nitrogens is 1. The topological polar surface area (TPSA) is 41.8 Å². The molecule has 0 unspecified atom stereocenters. The van der Waals surface area contributed by atoms with E-state index in [9.17, 15) is 8.42 Å². The second-order valence-corrected chi connectivity index (χ2v) is 6.26. The van der Waals surface area contributed by atoms with Crippen molar-refractivity contribution in [1.29, 1.82) is 0 Å². The van der Waals surface area contributed by atoms with Gasteiger partial charge in [0.2, 0.25) is 10.0 Å². The number of nitrogens with one attached hydrogen (secondary N) is 1. The minimum atomic E-state index is -3.27. The van der Waals surface area contributed by atoms with E-state index in [4.69, 9.17) is 0 Å². The van der Waals surface area contributed by atoms with Crippen molar-refractivity contribution in [3.63, 3.8) is 0 Å². The Labute approximate surface area is 103 Å². The van der Waals surface area contributed by atoms with Crippen LogP contribution in [-0.4, -0.2) is 45.4 Å². The van der Waals surface area contributed by atoms with Crippen LogP contribution in [0.15, 0.2) is 35.2 Å². The summed E-state index contributed by atoms with van der Waals surface area (Å²) in [5, 5.41) is 0. The SMILES string of the molecule is CC[NH+]1CCN(S(=O)(=O)c2ccccc2)CC1. The lowest BCUT2D eigenvalue weighted by Crippen LogP contribution is -3.14. The Hall–Kier alpha value is -0.910. The zero-order valence-corrected chi connectivity index (χ0v) is 10.9. The van der Waals surface area contributed by atoms with Crippen LogP contribution in [0.2, 0.25) is 0 Å². The first-order valence-electron chi connectivity index (χ1n) is 6.03. The molecule has 0 atom stereocenters. The molecule has 1 saturated heterocycles. The molecule has 0 aromatic heterocycles. The zero-order valence-electron chi connectivity index (χ0n) is 10.1. The fraction of sp³-hybridized carbons (Fsp3) is 0.500. The zero-order chi connectivity index (χ0) is 12.3. The standard InChI is InChI=1S/C12H18N2O2S/c1-2-13-8-10-14(11-9-13)17(15,16)12-6-4-3-5-7-12/h3-7H,2,8-11H2,1H3/p+1. The molecule has 1 heterocycles. The van der Waals surface area contributed by atoms with Gasteiger partial charge in [-0.1, -0.05) is 18.2 Å². The number of rotatable bonds is 3. The van der Waals surface area contributed by atoms with Gasteiger partial charge in [0.05, 0.1) is 37.6 Å². The largest absolute Gasteiger partial charge is 0.333 e. The van der Waals surface area contributed by atoms with Gasteiger partial charge in [0.15, 0.2) is 0 Å². The van der Waals surface area contributed by atoms with Crippen molar-refractivity contribution < 1.29 is 13.3 Å². The molecule has 4 nitrogen and oxygen atoms in total. The summed E-state index contributed by atoms with van der Waals surface area (Å²) in [6.45, 7) is 6.27. The van der Waals surface area contributed by atoms with E-state index in [-0.39, 0.29) is 0 Å². The van der Waals surface area contributed by atoms with Gasteiger partial charge in [-0.05, 0) is 19.1 Å². The van der Waals surface area contributed by atoms with Gasteiger partial charge in [-0.15, -0.1) is 0 Å². The fourth-order valence-corrected chi connectivity index (χ4v) is 3.60. The van der Waals surface area contributed by atoms with E-state index >= 15 is 0 Å². The lowest BCUT2D eigenvalue weighted by atomic mass is 10.4. The third-order valence-corrected chi connectivity index (χ3v) is 5.22. The molecule has 5 heteroatoms. The van der Waals surface area contributed by atoms with Crippen LogP contribution >= 0.6 is 0 Å². The molecule has 1 aromatic rings. The summed E-state index contributed by atoms with van der Waals surface area (Å²) in [5.41, 5.74) is 0. The van der Waals surface area contributed by atoms with Crippen LogP contribution in [0.25, 0.3) is 0 Å². The van der Waals surface area contributed by atoms with Gasteiger partial charge in [-0.3, -0.25) is 0 Å². The van der Waals surface area contributed by atoms with Crippen molar-refractivity contribution in [2.75, 3.05) is 32.7 Å². The Balaban J connectivity index is 2.13. The second kappa shape index (κ2) is 5.16. The normalized spacial score (nSPS) is 19.4. The minimum absolute atomic E-state index is 0.403. The van der Waals surface area contributed by atoms with Crippen LogP contribution in [-0.2, 0) is 10.0 Å².